The van der Waals surface area contributed by atoms with Crippen molar-refractivity contribution in [3.05, 3.63) is 59.7 Å². The van der Waals surface area contributed by atoms with Crippen LogP contribution in [-0.4, -0.2) is 40.5 Å². The van der Waals surface area contributed by atoms with Gasteiger partial charge in [-0.25, -0.2) is 9.97 Å². The third-order valence-electron chi connectivity index (χ3n) is 4.64. The summed E-state index contributed by atoms with van der Waals surface area (Å²) in [5.41, 5.74) is 2.70. The Balaban J connectivity index is 1.52. The molecule has 2 aliphatic rings. The Morgan fingerprint density at radius 1 is 1.25 bits per heavy atom. The quantitative estimate of drug-likeness (QED) is 0.853. The first-order valence-electron chi connectivity index (χ1n) is 8.29. The molecular formula is C19H19N3O2. The number of hydrogen-bond acceptors (Lipinski definition) is 4. The van der Waals surface area contributed by atoms with Gasteiger partial charge in [0.25, 0.3) is 5.91 Å². The van der Waals surface area contributed by atoms with Crippen LogP contribution in [0.4, 0.5) is 0 Å². The molecule has 1 aromatic heterocycles. The first kappa shape index (κ1) is 14.9. The highest BCUT2D eigenvalue weighted by molar-refractivity contribution is 5.99. The number of piperidine rings is 1. The van der Waals surface area contributed by atoms with Gasteiger partial charge in [-0.05, 0) is 31.1 Å². The fraction of sp³-hybridized carbons (Fsp3) is 0.316. The highest BCUT2D eigenvalue weighted by Crippen LogP contribution is 2.29. The summed E-state index contributed by atoms with van der Waals surface area (Å²) in [5, 5.41) is 0. The minimum atomic E-state index is 0.0725. The van der Waals surface area contributed by atoms with Crippen LogP contribution < -0.4 is 4.74 Å². The van der Waals surface area contributed by atoms with Crippen molar-refractivity contribution in [1.29, 1.82) is 0 Å². The summed E-state index contributed by atoms with van der Waals surface area (Å²) in [6.07, 6.45) is 7.34. The van der Waals surface area contributed by atoms with E-state index in [4.69, 9.17) is 4.74 Å². The molecule has 5 heteroatoms. The van der Waals surface area contributed by atoms with Gasteiger partial charge < -0.3 is 9.64 Å². The number of hydrogen-bond donors (Lipinski definition) is 0. The van der Waals surface area contributed by atoms with E-state index in [-0.39, 0.29) is 11.8 Å². The zero-order valence-corrected chi connectivity index (χ0v) is 13.4. The fourth-order valence-corrected chi connectivity index (χ4v) is 3.39. The molecule has 0 unspecified atom stereocenters. The molecule has 1 fully saturated rings. The topological polar surface area (TPSA) is 55.3 Å². The molecule has 1 saturated heterocycles. The summed E-state index contributed by atoms with van der Waals surface area (Å²) >= 11 is 0. The summed E-state index contributed by atoms with van der Waals surface area (Å²) < 4.78 is 5.72. The molecule has 0 N–H and O–H groups in total. The second-order valence-electron chi connectivity index (χ2n) is 6.22. The molecule has 0 aliphatic carbocycles. The fourth-order valence-electron chi connectivity index (χ4n) is 3.39. The Hall–Kier alpha value is -2.69. The van der Waals surface area contributed by atoms with Gasteiger partial charge in [0.05, 0.1) is 5.57 Å². The lowest BCUT2D eigenvalue weighted by Gasteiger charge is -2.33. The van der Waals surface area contributed by atoms with Crippen molar-refractivity contribution in [2.24, 2.45) is 0 Å². The minimum Gasteiger partial charge on any atom is -0.488 e. The van der Waals surface area contributed by atoms with E-state index < -0.39 is 0 Å². The highest BCUT2D eigenvalue weighted by atomic mass is 16.5. The van der Waals surface area contributed by atoms with E-state index in [0.29, 0.717) is 13.2 Å². The van der Waals surface area contributed by atoms with Crippen LogP contribution in [0.2, 0.25) is 0 Å². The van der Waals surface area contributed by atoms with Crippen LogP contribution in [0.3, 0.4) is 0 Å². The number of para-hydroxylation sites is 1. The van der Waals surface area contributed by atoms with E-state index >= 15 is 0 Å². The van der Waals surface area contributed by atoms with Crippen molar-refractivity contribution in [2.75, 3.05) is 19.7 Å². The standard InChI is InChI=1S/C19H19N3O2/c23-19(16-10-14-4-1-2-6-18(14)24-12-16)22-9-3-5-15(11-22)17-7-8-20-13-21-17/h1-2,4,6-8,10,13,15H,3,5,9,11-12H2/t15-/m0/s1. The molecule has 0 bridgehead atoms. The number of carbonyl (C=O) groups excluding carboxylic acids is 1. The lowest BCUT2D eigenvalue weighted by Crippen LogP contribution is -2.41. The number of likely N-dealkylation sites (tertiary alicyclic amines) is 1. The predicted molar refractivity (Wildman–Crippen MR) is 90.5 cm³/mol. The summed E-state index contributed by atoms with van der Waals surface area (Å²) in [6, 6.07) is 9.74. The third-order valence-corrected chi connectivity index (χ3v) is 4.64. The Kier molecular flexibility index (Phi) is 3.99. The minimum absolute atomic E-state index is 0.0725. The molecular weight excluding hydrogens is 302 g/mol. The second kappa shape index (κ2) is 6.43. The van der Waals surface area contributed by atoms with Gasteiger partial charge in [-0.15, -0.1) is 0 Å². The maximum Gasteiger partial charge on any atom is 0.253 e. The molecule has 0 radical (unpaired) electrons. The van der Waals surface area contributed by atoms with Gasteiger partial charge in [-0.2, -0.15) is 0 Å². The van der Waals surface area contributed by atoms with Crippen LogP contribution in [0.1, 0.15) is 30.0 Å². The number of rotatable bonds is 2. The number of amides is 1. The average molecular weight is 321 g/mol. The molecule has 0 spiro atoms. The zero-order valence-electron chi connectivity index (χ0n) is 13.4. The Morgan fingerprint density at radius 3 is 3.04 bits per heavy atom. The van der Waals surface area contributed by atoms with Gasteiger partial charge in [0.2, 0.25) is 0 Å². The highest BCUT2D eigenvalue weighted by Gasteiger charge is 2.28. The van der Waals surface area contributed by atoms with Gasteiger partial charge in [-0.1, -0.05) is 18.2 Å². The van der Waals surface area contributed by atoms with Crippen molar-refractivity contribution in [3.63, 3.8) is 0 Å². The molecule has 5 nitrogen and oxygen atoms in total. The number of benzene rings is 1. The molecule has 24 heavy (non-hydrogen) atoms. The smallest absolute Gasteiger partial charge is 0.253 e. The summed E-state index contributed by atoms with van der Waals surface area (Å²) in [4.78, 5) is 23.1. The molecule has 2 aliphatic heterocycles. The van der Waals surface area contributed by atoms with Crippen LogP contribution in [0.5, 0.6) is 5.75 Å². The molecule has 0 saturated carbocycles. The third kappa shape index (κ3) is 2.89. The van der Waals surface area contributed by atoms with Crippen molar-refractivity contribution < 1.29 is 9.53 Å². The SMILES string of the molecule is O=C(C1=Cc2ccccc2OC1)N1CCC[C@H](c2ccncn2)C1. The van der Waals surface area contributed by atoms with Crippen molar-refractivity contribution >= 4 is 12.0 Å². The van der Waals surface area contributed by atoms with Crippen LogP contribution >= 0.6 is 0 Å². The lowest BCUT2D eigenvalue weighted by molar-refractivity contribution is -0.128. The van der Waals surface area contributed by atoms with E-state index in [1.807, 2.05) is 41.3 Å². The van der Waals surface area contributed by atoms with Crippen LogP contribution in [-0.2, 0) is 4.79 Å². The van der Waals surface area contributed by atoms with E-state index in [2.05, 4.69) is 9.97 Å². The Bertz CT molecular complexity index is 773. The maximum atomic E-state index is 12.9. The summed E-state index contributed by atoms with van der Waals surface area (Å²) in [6.45, 7) is 1.83. The van der Waals surface area contributed by atoms with Crippen molar-refractivity contribution in [2.45, 2.75) is 18.8 Å². The van der Waals surface area contributed by atoms with E-state index in [1.54, 1.807) is 12.5 Å². The van der Waals surface area contributed by atoms with Crippen LogP contribution in [0.25, 0.3) is 6.08 Å². The van der Waals surface area contributed by atoms with E-state index in [0.717, 1.165) is 42.0 Å². The predicted octanol–water partition coefficient (Wildman–Crippen LogP) is 2.66. The van der Waals surface area contributed by atoms with Gasteiger partial charge in [0.15, 0.2) is 0 Å². The number of ether oxygens (including phenoxy) is 1. The van der Waals surface area contributed by atoms with E-state index in [9.17, 15) is 4.79 Å². The first-order chi connectivity index (χ1) is 11.8. The average Bonchev–Trinajstić information content (AvgIpc) is 2.68. The Labute approximate surface area is 141 Å². The summed E-state index contributed by atoms with van der Waals surface area (Å²) in [5.74, 6) is 1.19. The van der Waals surface area contributed by atoms with Gasteiger partial charge in [0, 0.05) is 36.5 Å². The van der Waals surface area contributed by atoms with Gasteiger partial charge in [0.1, 0.15) is 18.7 Å². The number of nitrogens with zero attached hydrogens (tertiary/aromatic N) is 3. The first-order valence-corrected chi connectivity index (χ1v) is 8.29. The molecule has 2 aromatic rings. The summed E-state index contributed by atoms with van der Waals surface area (Å²) in [7, 11) is 0. The normalized spacial score (nSPS) is 19.9. The van der Waals surface area contributed by atoms with Crippen molar-refractivity contribution in [1.82, 2.24) is 14.9 Å². The number of carbonyl (C=O) groups is 1. The molecule has 3 heterocycles. The molecule has 4 rings (SSSR count). The largest absolute Gasteiger partial charge is 0.488 e. The number of aromatic nitrogens is 2. The molecule has 1 aromatic carbocycles. The monoisotopic (exact) mass is 321 g/mol. The molecule has 122 valence electrons. The maximum absolute atomic E-state index is 12.9. The lowest BCUT2D eigenvalue weighted by atomic mass is 9.94. The van der Waals surface area contributed by atoms with Gasteiger partial charge in [-0.3, -0.25) is 4.79 Å². The van der Waals surface area contributed by atoms with E-state index in [1.165, 1.54) is 0 Å². The van der Waals surface area contributed by atoms with Crippen molar-refractivity contribution in [3.8, 4) is 5.75 Å². The van der Waals surface area contributed by atoms with Gasteiger partial charge >= 0.3 is 0 Å². The Morgan fingerprint density at radius 2 is 2.17 bits per heavy atom. The second-order valence-corrected chi connectivity index (χ2v) is 6.22. The molecule has 1 atom stereocenters. The number of fused-ring (bicyclic) bond motifs is 1. The van der Waals surface area contributed by atoms with Crippen LogP contribution in [0, 0.1) is 0 Å². The molecule has 1 amide bonds. The van der Waals surface area contributed by atoms with Crippen LogP contribution in [0.15, 0.2) is 48.4 Å². The zero-order chi connectivity index (χ0) is 16.4.